The van der Waals surface area contributed by atoms with Crippen LogP contribution in [0.1, 0.15) is 25.7 Å². The Morgan fingerprint density at radius 1 is 1.67 bits per heavy atom. The van der Waals surface area contributed by atoms with Crippen LogP contribution in [-0.2, 0) is 9.53 Å². The number of methoxy groups -OCH3 is 1. The van der Waals surface area contributed by atoms with Gasteiger partial charge in [0.1, 0.15) is 10.6 Å². The number of ether oxygens (including phenoxy) is 1. The number of nitrogens with one attached hydrogen (secondary N) is 1. The molecule has 4 nitrogen and oxygen atoms in total. The number of nitrogens with zero attached hydrogens (tertiary/aromatic N) is 1. The third kappa shape index (κ3) is 3.52. The van der Waals surface area contributed by atoms with Gasteiger partial charge in [-0.3, -0.25) is 4.79 Å². The fourth-order valence-corrected chi connectivity index (χ4v) is 4.35. The van der Waals surface area contributed by atoms with E-state index in [9.17, 15) is 4.79 Å². The van der Waals surface area contributed by atoms with Crippen molar-refractivity contribution < 1.29 is 9.53 Å². The zero-order chi connectivity index (χ0) is 15.3. The second-order valence-electron chi connectivity index (χ2n) is 5.23. The van der Waals surface area contributed by atoms with Crippen molar-refractivity contribution in [2.45, 2.75) is 36.2 Å². The predicted octanol–water partition coefficient (Wildman–Crippen LogP) is 3.15. The monoisotopic (exact) mass is 328 g/mol. The van der Waals surface area contributed by atoms with Crippen LogP contribution in [0.5, 0.6) is 0 Å². The second-order valence-corrected chi connectivity index (χ2v) is 6.72. The number of thioether (sulfide) groups is 1. The van der Waals surface area contributed by atoms with Crippen molar-refractivity contribution in [3.05, 3.63) is 23.4 Å². The van der Waals surface area contributed by atoms with Gasteiger partial charge in [-0.05, 0) is 50.1 Å². The fourth-order valence-electron chi connectivity index (χ4n) is 3.13. The number of halogens is 1. The number of esters is 1. The lowest BCUT2D eigenvalue weighted by atomic mass is 9.85. The molecular weight excluding hydrogens is 308 g/mol. The number of hydrogen-bond acceptors (Lipinski definition) is 5. The molecule has 0 radical (unpaired) electrons. The van der Waals surface area contributed by atoms with Crippen LogP contribution in [0.4, 0.5) is 0 Å². The van der Waals surface area contributed by atoms with Crippen molar-refractivity contribution in [2.75, 3.05) is 19.9 Å². The molecule has 116 valence electrons. The van der Waals surface area contributed by atoms with Crippen LogP contribution in [0.25, 0.3) is 0 Å². The Morgan fingerprint density at radius 3 is 3.14 bits per heavy atom. The van der Waals surface area contributed by atoms with Gasteiger partial charge in [0.2, 0.25) is 0 Å². The van der Waals surface area contributed by atoms with E-state index in [1.165, 1.54) is 7.11 Å². The molecule has 1 fully saturated rings. The summed E-state index contributed by atoms with van der Waals surface area (Å²) in [6, 6.07) is 3.67. The van der Waals surface area contributed by atoms with E-state index in [1.54, 1.807) is 18.0 Å². The van der Waals surface area contributed by atoms with Crippen LogP contribution in [0.15, 0.2) is 23.4 Å². The Balaban J connectivity index is 1.96. The molecule has 1 aromatic heterocycles. The van der Waals surface area contributed by atoms with Gasteiger partial charge in [0, 0.05) is 6.20 Å². The number of aromatic nitrogens is 1. The number of pyridine rings is 1. The Kier molecular flexibility index (Phi) is 5.90. The number of hydrogen-bond donors (Lipinski definition) is 1. The van der Waals surface area contributed by atoms with Crippen molar-refractivity contribution in [1.29, 1.82) is 0 Å². The molecule has 1 aromatic rings. The molecule has 1 saturated carbocycles. The lowest BCUT2D eigenvalue weighted by molar-refractivity contribution is -0.150. The maximum absolute atomic E-state index is 12.1. The highest BCUT2D eigenvalue weighted by atomic mass is 35.5. The van der Waals surface area contributed by atoms with Crippen molar-refractivity contribution >= 4 is 29.3 Å². The minimum atomic E-state index is -0.525. The van der Waals surface area contributed by atoms with E-state index in [2.05, 4.69) is 10.3 Å². The van der Waals surface area contributed by atoms with Gasteiger partial charge in [-0.25, -0.2) is 4.98 Å². The van der Waals surface area contributed by atoms with Crippen LogP contribution >= 0.6 is 23.4 Å². The Bertz CT molecular complexity index is 500. The van der Waals surface area contributed by atoms with E-state index < -0.39 is 5.54 Å². The summed E-state index contributed by atoms with van der Waals surface area (Å²) >= 11 is 7.75. The maximum atomic E-state index is 12.1. The van der Waals surface area contributed by atoms with Crippen LogP contribution < -0.4 is 5.32 Å². The Morgan fingerprint density at radius 2 is 2.48 bits per heavy atom. The topological polar surface area (TPSA) is 51.2 Å². The van der Waals surface area contributed by atoms with Crippen molar-refractivity contribution in [2.24, 2.45) is 5.92 Å². The zero-order valence-corrected chi connectivity index (χ0v) is 14.0. The molecule has 0 bridgehead atoms. The molecule has 0 aliphatic heterocycles. The molecule has 2 atom stereocenters. The smallest absolute Gasteiger partial charge is 0.326 e. The highest BCUT2D eigenvalue weighted by Crippen LogP contribution is 2.40. The molecule has 1 N–H and O–H groups in total. The van der Waals surface area contributed by atoms with Gasteiger partial charge >= 0.3 is 5.97 Å². The molecule has 21 heavy (non-hydrogen) atoms. The molecule has 0 saturated heterocycles. The first-order valence-corrected chi connectivity index (χ1v) is 8.51. The van der Waals surface area contributed by atoms with E-state index >= 15 is 0 Å². The summed E-state index contributed by atoms with van der Waals surface area (Å²) in [4.78, 5) is 16.4. The van der Waals surface area contributed by atoms with E-state index in [4.69, 9.17) is 16.3 Å². The van der Waals surface area contributed by atoms with Crippen molar-refractivity contribution in [3.63, 3.8) is 0 Å². The summed E-state index contributed by atoms with van der Waals surface area (Å²) in [5.74, 6) is 1.04. The molecule has 1 aliphatic rings. The number of carbonyl (C=O) groups is 1. The highest BCUT2D eigenvalue weighted by Gasteiger charge is 2.48. The van der Waals surface area contributed by atoms with Crippen LogP contribution in [0.2, 0.25) is 5.02 Å². The zero-order valence-electron chi connectivity index (χ0n) is 12.4. The SMILES string of the molecule is CNC1(C(=O)OC)CCCC1CCSc1ncccc1Cl. The molecule has 0 aromatic carbocycles. The van der Waals surface area contributed by atoms with Gasteiger partial charge in [0.25, 0.3) is 0 Å². The number of carbonyl (C=O) groups excluding carboxylic acids is 1. The molecule has 2 unspecified atom stereocenters. The van der Waals surface area contributed by atoms with E-state index in [0.29, 0.717) is 10.9 Å². The molecule has 1 heterocycles. The molecule has 6 heteroatoms. The summed E-state index contributed by atoms with van der Waals surface area (Å²) < 4.78 is 5.00. The largest absolute Gasteiger partial charge is 0.468 e. The summed E-state index contributed by atoms with van der Waals surface area (Å²) in [6.07, 6.45) is 5.63. The maximum Gasteiger partial charge on any atom is 0.326 e. The normalized spacial score (nSPS) is 25.0. The first-order valence-electron chi connectivity index (χ1n) is 7.14. The molecule has 0 amide bonds. The van der Waals surface area contributed by atoms with Crippen LogP contribution in [0, 0.1) is 5.92 Å². The lowest BCUT2D eigenvalue weighted by Gasteiger charge is -2.32. The summed E-state index contributed by atoms with van der Waals surface area (Å²) in [5, 5.41) is 4.75. The lowest BCUT2D eigenvalue weighted by Crippen LogP contribution is -2.53. The third-order valence-electron chi connectivity index (χ3n) is 4.25. The third-order valence-corrected chi connectivity index (χ3v) is 5.70. The summed E-state index contributed by atoms with van der Waals surface area (Å²) in [5.41, 5.74) is -0.525. The van der Waals surface area contributed by atoms with E-state index in [1.807, 2.05) is 19.2 Å². The second kappa shape index (κ2) is 7.47. The van der Waals surface area contributed by atoms with E-state index in [-0.39, 0.29) is 5.97 Å². The number of rotatable bonds is 6. The van der Waals surface area contributed by atoms with Crippen LogP contribution in [0.3, 0.4) is 0 Å². The Hall–Kier alpha value is -0.780. The average molecular weight is 329 g/mol. The first kappa shape index (κ1) is 16.6. The molecular formula is C15H21ClN2O2S. The van der Waals surface area contributed by atoms with Gasteiger partial charge in [-0.2, -0.15) is 0 Å². The van der Waals surface area contributed by atoms with Crippen molar-refractivity contribution in [1.82, 2.24) is 10.3 Å². The van der Waals surface area contributed by atoms with Crippen LogP contribution in [-0.4, -0.2) is 36.4 Å². The van der Waals surface area contributed by atoms with Gasteiger partial charge in [-0.15, -0.1) is 11.8 Å². The molecule has 1 aliphatic carbocycles. The van der Waals surface area contributed by atoms with E-state index in [0.717, 1.165) is 36.5 Å². The summed E-state index contributed by atoms with van der Waals surface area (Å²) in [6.45, 7) is 0. The summed E-state index contributed by atoms with van der Waals surface area (Å²) in [7, 11) is 3.30. The van der Waals surface area contributed by atoms with Gasteiger partial charge < -0.3 is 10.1 Å². The minimum Gasteiger partial charge on any atom is -0.468 e. The first-order chi connectivity index (χ1) is 10.1. The number of likely N-dealkylation sites (N-methyl/N-ethyl adjacent to an activating group) is 1. The quantitative estimate of drug-likeness (QED) is 0.642. The van der Waals surface area contributed by atoms with Crippen molar-refractivity contribution in [3.8, 4) is 0 Å². The molecule has 0 spiro atoms. The Labute approximate surface area is 135 Å². The average Bonchev–Trinajstić information content (AvgIpc) is 2.92. The van der Waals surface area contributed by atoms with Gasteiger partial charge in [-0.1, -0.05) is 18.0 Å². The standard InChI is InChI=1S/C15H21ClN2O2S/c1-17-15(14(19)20-2)8-3-5-11(15)7-10-21-13-12(16)6-4-9-18-13/h4,6,9,11,17H,3,5,7-8,10H2,1-2H3. The van der Waals surface area contributed by atoms with Gasteiger partial charge in [0.05, 0.1) is 12.1 Å². The fraction of sp³-hybridized carbons (Fsp3) is 0.600. The predicted molar refractivity (Wildman–Crippen MR) is 85.7 cm³/mol. The molecule has 2 rings (SSSR count). The minimum absolute atomic E-state index is 0.145. The highest BCUT2D eigenvalue weighted by molar-refractivity contribution is 7.99. The van der Waals surface area contributed by atoms with Gasteiger partial charge in [0.15, 0.2) is 0 Å².